The summed E-state index contributed by atoms with van der Waals surface area (Å²) in [4.78, 5) is 49.2. The van der Waals surface area contributed by atoms with Crippen LogP contribution >= 0.6 is 0 Å². The van der Waals surface area contributed by atoms with Gasteiger partial charge in [0.1, 0.15) is 11.6 Å². The Labute approximate surface area is 174 Å². The third-order valence-corrected chi connectivity index (χ3v) is 6.29. The number of benzene rings is 1. The molecule has 3 atom stereocenters. The van der Waals surface area contributed by atoms with E-state index in [4.69, 9.17) is 0 Å². The Balaban J connectivity index is 2.29. The minimum absolute atomic E-state index is 0.00116. The molecule has 0 bridgehead atoms. The Morgan fingerprint density at radius 3 is 2.34 bits per heavy atom. The van der Waals surface area contributed by atoms with E-state index in [1.54, 1.807) is 6.92 Å². The maximum atomic E-state index is 12.9. The van der Waals surface area contributed by atoms with E-state index in [1.165, 1.54) is 6.92 Å². The van der Waals surface area contributed by atoms with E-state index < -0.39 is 0 Å². The van der Waals surface area contributed by atoms with Crippen molar-refractivity contribution < 1.29 is 19.2 Å². The van der Waals surface area contributed by atoms with E-state index >= 15 is 0 Å². The Morgan fingerprint density at radius 2 is 1.79 bits per heavy atom. The van der Waals surface area contributed by atoms with E-state index in [0.717, 1.165) is 36.0 Å². The van der Waals surface area contributed by atoms with Crippen LogP contribution < -0.4 is 0 Å². The number of rotatable bonds is 10. The van der Waals surface area contributed by atoms with Gasteiger partial charge in [-0.05, 0) is 63.0 Å². The lowest BCUT2D eigenvalue weighted by Crippen LogP contribution is -2.30. The number of carbonyl (C=O) groups is 4. The molecule has 1 aromatic rings. The molecular formula is C25H34O4. The second-order valence-electron chi connectivity index (χ2n) is 8.68. The van der Waals surface area contributed by atoms with Gasteiger partial charge in [-0.3, -0.25) is 19.2 Å². The maximum absolute atomic E-state index is 12.9. The van der Waals surface area contributed by atoms with Crippen molar-refractivity contribution in [3.05, 3.63) is 34.4 Å². The quantitative estimate of drug-likeness (QED) is 0.395. The molecule has 0 spiro atoms. The van der Waals surface area contributed by atoms with Crippen LogP contribution in [0.2, 0.25) is 0 Å². The predicted molar refractivity (Wildman–Crippen MR) is 114 cm³/mol. The highest BCUT2D eigenvalue weighted by atomic mass is 16.1. The largest absolute Gasteiger partial charge is 0.300 e. The van der Waals surface area contributed by atoms with Crippen molar-refractivity contribution in [2.75, 3.05) is 0 Å². The number of ketones is 4. The van der Waals surface area contributed by atoms with Gasteiger partial charge in [-0.15, -0.1) is 0 Å². The van der Waals surface area contributed by atoms with Crippen LogP contribution in [-0.2, 0) is 16.0 Å². The molecule has 0 radical (unpaired) electrons. The number of carbonyl (C=O) groups excluding carboxylic acids is 4. The van der Waals surface area contributed by atoms with Crippen molar-refractivity contribution in [3.8, 4) is 0 Å². The predicted octanol–water partition coefficient (Wildman–Crippen LogP) is 5.32. The van der Waals surface area contributed by atoms with E-state index in [2.05, 4.69) is 6.92 Å². The first-order valence-electron chi connectivity index (χ1n) is 10.9. The van der Waals surface area contributed by atoms with E-state index in [9.17, 15) is 19.2 Å². The van der Waals surface area contributed by atoms with Crippen LogP contribution in [0.4, 0.5) is 0 Å². The number of hydrogen-bond donors (Lipinski definition) is 0. The number of Topliss-reactive ketones (excluding diaryl/α,β-unsaturated/α-hetero) is 4. The zero-order valence-corrected chi connectivity index (χ0v) is 18.5. The van der Waals surface area contributed by atoms with Gasteiger partial charge in [-0.2, -0.15) is 0 Å². The summed E-state index contributed by atoms with van der Waals surface area (Å²) in [5.41, 5.74) is 3.19. The van der Waals surface area contributed by atoms with Crippen molar-refractivity contribution in [1.82, 2.24) is 0 Å². The fraction of sp³-hybridized carbons (Fsp3) is 0.600. The van der Waals surface area contributed by atoms with E-state index in [-0.39, 0.29) is 47.3 Å². The lowest BCUT2D eigenvalue weighted by atomic mass is 9.71. The van der Waals surface area contributed by atoms with Crippen molar-refractivity contribution in [2.24, 2.45) is 17.8 Å². The molecule has 0 saturated carbocycles. The van der Waals surface area contributed by atoms with Gasteiger partial charge < -0.3 is 0 Å². The third-order valence-electron chi connectivity index (χ3n) is 6.29. The molecule has 0 aliphatic heterocycles. The zero-order chi connectivity index (χ0) is 21.7. The third kappa shape index (κ3) is 5.49. The second-order valence-corrected chi connectivity index (χ2v) is 8.68. The molecule has 1 aromatic carbocycles. The Morgan fingerprint density at radius 1 is 1.10 bits per heavy atom. The van der Waals surface area contributed by atoms with Gasteiger partial charge in [0.2, 0.25) is 0 Å². The molecule has 3 unspecified atom stereocenters. The van der Waals surface area contributed by atoms with Gasteiger partial charge in [0.15, 0.2) is 11.6 Å². The summed E-state index contributed by atoms with van der Waals surface area (Å²) in [6.07, 6.45) is 4.54. The molecule has 4 nitrogen and oxygen atoms in total. The number of aryl methyl sites for hydroxylation is 1. The molecule has 0 heterocycles. The van der Waals surface area contributed by atoms with Crippen LogP contribution in [0.3, 0.4) is 0 Å². The monoisotopic (exact) mass is 398 g/mol. The lowest BCUT2D eigenvalue weighted by Gasteiger charge is -2.32. The molecule has 4 heteroatoms. The zero-order valence-electron chi connectivity index (χ0n) is 18.5. The fourth-order valence-corrected chi connectivity index (χ4v) is 5.07. The first kappa shape index (κ1) is 23.2. The molecule has 1 aliphatic carbocycles. The minimum atomic E-state index is -0.139. The standard InChI is InChI=1S/C25H34O4/c1-6-8-19(20(7-2)23(28)11-16(4)26)12-18-13-22-21(17(5)27)10-9-15(3)25(22)24(29)14-18/h9-10,18-20H,6-8,11-14H2,1-5H3. The van der Waals surface area contributed by atoms with Gasteiger partial charge >= 0.3 is 0 Å². The van der Waals surface area contributed by atoms with Crippen LogP contribution in [-0.4, -0.2) is 23.1 Å². The maximum Gasteiger partial charge on any atom is 0.163 e. The first-order valence-corrected chi connectivity index (χ1v) is 10.9. The van der Waals surface area contributed by atoms with Gasteiger partial charge in [-0.1, -0.05) is 38.8 Å². The summed E-state index contributed by atoms with van der Waals surface area (Å²) in [7, 11) is 0. The molecule has 0 N–H and O–H groups in total. The van der Waals surface area contributed by atoms with Crippen LogP contribution in [0, 0.1) is 24.7 Å². The van der Waals surface area contributed by atoms with Crippen LogP contribution in [0.5, 0.6) is 0 Å². The smallest absolute Gasteiger partial charge is 0.163 e. The Hall–Kier alpha value is -2.10. The Kier molecular flexibility index (Phi) is 8.06. The number of fused-ring (bicyclic) bond motifs is 1. The van der Waals surface area contributed by atoms with Crippen LogP contribution in [0.1, 0.15) is 98.1 Å². The molecule has 0 fully saturated rings. The lowest BCUT2D eigenvalue weighted by molar-refractivity contribution is -0.129. The Bertz CT molecular complexity index is 805. The molecule has 0 aromatic heterocycles. The van der Waals surface area contributed by atoms with Gasteiger partial charge in [0, 0.05) is 23.5 Å². The van der Waals surface area contributed by atoms with Crippen LogP contribution in [0.25, 0.3) is 0 Å². The average molecular weight is 399 g/mol. The van der Waals surface area contributed by atoms with E-state index in [0.29, 0.717) is 24.8 Å². The van der Waals surface area contributed by atoms with Gasteiger partial charge in [0.25, 0.3) is 0 Å². The van der Waals surface area contributed by atoms with Crippen molar-refractivity contribution in [3.63, 3.8) is 0 Å². The van der Waals surface area contributed by atoms with Crippen molar-refractivity contribution in [1.29, 1.82) is 0 Å². The summed E-state index contributed by atoms with van der Waals surface area (Å²) in [6.45, 7) is 9.04. The SMILES string of the molecule is CCCC(CC1CC(=O)c2c(C)ccc(C(C)=O)c2C1)C(CC)C(=O)CC(C)=O. The number of hydrogen-bond acceptors (Lipinski definition) is 4. The summed E-state index contributed by atoms with van der Waals surface area (Å²) in [6, 6.07) is 3.70. The van der Waals surface area contributed by atoms with Gasteiger partial charge in [0.05, 0.1) is 6.42 Å². The van der Waals surface area contributed by atoms with Crippen molar-refractivity contribution in [2.45, 2.75) is 79.6 Å². The summed E-state index contributed by atoms with van der Waals surface area (Å²) < 4.78 is 0. The second kappa shape index (κ2) is 10.1. The van der Waals surface area contributed by atoms with Gasteiger partial charge in [-0.25, -0.2) is 0 Å². The summed E-state index contributed by atoms with van der Waals surface area (Å²) >= 11 is 0. The van der Waals surface area contributed by atoms with E-state index in [1.807, 2.05) is 26.0 Å². The topological polar surface area (TPSA) is 68.3 Å². The first-order chi connectivity index (χ1) is 13.7. The van der Waals surface area contributed by atoms with Crippen molar-refractivity contribution >= 4 is 23.1 Å². The molecule has 1 aliphatic rings. The molecular weight excluding hydrogens is 364 g/mol. The average Bonchev–Trinajstić information content (AvgIpc) is 2.61. The molecule has 2 rings (SSSR count). The highest BCUT2D eigenvalue weighted by molar-refractivity contribution is 6.05. The highest BCUT2D eigenvalue weighted by Crippen LogP contribution is 2.37. The molecule has 0 saturated heterocycles. The normalized spacial score (nSPS) is 18.1. The fourth-order valence-electron chi connectivity index (χ4n) is 5.07. The molecule has 158 valence electrons. The van der Waals surface area contributed by atoms with Crippen LogP contribution in [0.15, 0.2) is 12.1 Å². The summed E-state index contributed by atoms with van der Waals surface area (Å²) in [5.74, 6) is 0.193. The molecule has 0 amide bonds. The minimum Gasteiger partial charge on any atom is -0.300 e. The molecule has 29 heavy (non-hydrogen) atoms. The highest BCUT2D eigenvalue weighted by Gasteiger charge is 2.34. The summed E-state index contributed by atoms with van der Waals surface area (Å²) in [5, 5.41) is 0.